The molecule has 0 bridgehead atoms. The van der Waals surface area contributed by atoms with Gasteiger partial charge in [-0.25, -0.2) is 0 Å². The van der Waals surface area contributed by atoms with Gasteiger partial charge >= 0.3 is 0 Å². The Kier molecular flexibility index (Phi) is 3.01. The molecule has 1 atom stereocenters. The van der Waals surface area contributed by atoms with Crippen LogP contribution in [0.2, 0.25) is 5.02 Å². The molecule has 0 saturated carbocycles. The minimum Gasteiger partial charge on any atom is -0.312 e. The molecule has 0 radical (unpaired) electrons. The van der Waals surface area contributed by atoms with Crippen LogP contribution in [0.15, 0.2) is 30.9 Å². The van der Waals surface area contributed by atoms with Gasteiger partial charge in [0.1, 0.15) is 0 Å². The summed E-state index contributed by atoms with van der Waals surface area (Å²) >= 11 is 6.05. The van der Waals surface area contributed by atoms with Crippen molar-refractivity contribution in [1.82, 2.24) is 0 Å². The van der Waals surface area contributed by atoms with E-state index in [2.05, 4.69) is 6.58 Å². The maximum absolute atomic E-state index is 11.8. The molecular weight excluding hydrogens is 222 g/mol. The molecule has 0 aliphatic carbocycles. The molecule has 2 rings (SSSR count). The van der Waals surface area contributed by atoms with E-state index in [1.165, 1.54) is 0 Å². The van der Waals surface area contributed by atoms with E-state index < -0.39 is 0 Å². The number of benzene rings is 1. The van der Waals surface area contributed by atoms with Crippen molar-refractivity contribution in [2.75, 3.05) is 11.4 Å². The second-order valence-electron chi connectivity index (χ2n) is 4.14. The molecule has 3 heteroatoms. The first-order valence-electron chi connectivity index (χ1n) is 5.31. The molecule has 2 nitrogen and oxygen atoms in total. The molecule has 0 aromatic heterocycles. The molecule has 1 amide bonds. The number of carbonyl (C=O) groups excluding carboxylic acids is 1. The Balaban J connectivity index is 2.27. The number of amides is 1. The molecule has 1 aromatic carbocycles. The Morgan fingerprint density at radius 2 is 2.31 bits per heavy atom. The molecule has 1 heterocycles. The van der Waals surface area contributed by atoms with Crippen LogP contribution in [0.25, 0.3) is 0 Å². The molecule has 1 aliphatic rings. The Morgan fingerprint density at radius 1 is 1.56 bits per heavy atom. The minimum absolute atomic E-state index is 0.143. The number of rotatable bonds is 2. The van der Waals surface area contributed by atoms with Crippen molar-refractivity contribution < 1.29 is 4.79 Å². The molecule has 16 heavy (non-hydrogen) atoms. The summed E-state index contributed by atoms with van der Waals surface area (Å²) in [6.07, 6.45) is 2.39. The Labute approximate surface area is 101 Å². The molecule has 0 spiro atoms. The summed E-state index contributed by atoms with van der Waals surface area (Å²) in [7, 11) is 0. The van der Waals surface area contributed by atoms with Gasteiger partial charge < -0.3 is 4.90 Å². The van der Waals surface area contributed by atoms with E-state index in [0.29, 0.717) is 18.0 Å². The van der Waals surface area contributed by atoms with Crippen LogP contribution >= 0.6 is 11.6 Å². The minimum atomic E-state index is 0.143. The fourth-order valence-corrected chi connectivity index (χ4v) is 2.07. The average molecular weight is 236 g/mol. The van der Waals surface area contributed by atoms with Crippen LogP contribution in [0.5, 0.6) is 0 Å². The largest absolute Gasteiger partial charge is 0.312 e. The van der Waals surface area contributed by atoms with Crippen molar-refractivity contribution in [2.45, 2.75) is 13.3 Å². The highest BCUT2D eigenvalue weighted by atomic mass is 35.5. The maximum atomic E-state index is 11.8. The van der Waals surface area contributed by atoms with Crippen LogP contribution in [0, 0.1) is 12.8 Å². The molecule has 1 unspecified atom stereocenters. The Hall–Kier alpha value is -1.28. The molecule has 1 fully saturated rings. The van der Waals surface area contributed by atoms with Gasteiger partial charge in [-0.3, -0.25) is 4.79 Å². The van der Waals surface area contributed by atoms with Gasteiger partial charge in [-0.1, -0.05) is 23.7 Å². The summed E-state index contributed by atoms with van der Waals surface area (Å²) in [6.45, 7) is 6.39. The number of halogens is 1. The third-order valence-electron chi connectivity index (χ3n) is 2.96. The number of hydrogen-bond donors (Lipinski definition) is 0. The van der Waals surface area contributed by atoms with E-state index in [1.807, 2.05) is 31.2 Å². The van der Waals surface area contributed by atoms with E-state index in [1.54, 1.807) is 4.90 Å². The normalized spacial score (nSPS) is 20.2. The van der Waals surface area contributed by atoms with E-state index >= 15 is 0 Å². The van der Waals surface area contributed by atoms with Gasteiger partial charge in [-0.15, -0.1) is 6.58 Å². The lowest BCUT2D eigenvalue weighted by Gasteiger charge is -2.17. The van der Waals surface area contributed by atoms with Crippen molar-refractivity contribution >= 4 is 23.2 Å². The molecular formula is C13H14ClNO. The van der Waals surface area contributed by atoms with Gasteiger partial charge in [0.2, 0.25) is 5.91 Å². The summed E-state index contributed by atoms with van der Waals surface area (Å²) in [4.78, 5) is 13.6. The standard InChI is InChI=1S/C13H14ClNO/c1-3-10-6-13(16)15(8-10)11-5-4-9(2)12(14)7-11/h3-5,7,10H,1,6,8H2,2H3. The van der Waals surface area contributed by atoms with Crippen LogP contribution in [0.4, 0.5) is 5.69 Å². The average Bonchev–Trinajstić information content (AvgIpc) is 2.64. The predicted octanol–water partition coefficient (Wildman–Crippen LogP) is 3.19. The smallest absolute Gasteiger partial charge is 0.227 e. The first-order valence-corrected chi connectivity index (χ1v) is 5.68. The molecule has 84 valence electrons. The summed E-state index contributed by atoms with van der Waals surface area (Å²) in [6, 6.07) is 5.72. The van der Waals surface area contributed by atoms with E-state index in [-0.39, 0.29) is 11.8 Å². The first kappa shape index (κ1) is 11.2. The topological polar surface area (TPSA) is 20.3 Å². The Bertz CT molecular complexity index is 442. The van der Waals surface area contributed by atoms with Crippen LogP contribution in [-0.4, -0.2) is 12.5 Å². The van der Waals surface area contributed by atoms with E-state index in [0.717, 1.165) is 11.3 Å². The zero-order valence-electron chi connectivity index (χ0n) is 9.24. The van der Waals surface area contributed by atoms with Crippen LogP contribution in [0.1, 0.15) is 12.0 Å². The fourth-order valence-electron chi connectivity index (χ4n) is 1.89. The van der Waals surface area contributed by atoms with Crippen molar-refractivity contribution in [3.8, 4) is 0 Å². The quantitative estimate of drug-likeness (QED) is 0.721. The van der Waals surface area contributed by atoms with Crippen LogP contribution in [0.3, 0.4) is 0 Å². The molecule has 1 aliphatic heterocycles. The first-order chi connectivity index (χ1) is 7.61. The second-order valence-corrected chi connectivity index (χ2v) is 4.54. The van der Waals surface area contributed by atoms with Crippen LogP contribution in [-0.2, 0) is 4.79 Å². The second kappa shape index (κ2) is 4.30. The van der Waals surface area contributed by atoms with Gasteiger partial charge in [0.25, 0.3) is 0 Å². The van der Waals surface area contributed by atoms with Gasteiger partial charge in [-0.2, -0.15) is 0 Å². The van der Waals surface area contributed by atoms with Crippen molar-refractivity contribution in [1.29, 1.82) is 0 Å². The monoisotopic (exact) mass is 235 g/mol. The van der Waals surface area contributed by atoms with Crippen molar-refractivity contribution in [2.24, 2.45) is 5.92 Å². The lowest BCUT2D eigenvalue weighted by atomic mass is 10.1. The molecule has 1 saturated heterocycles. The number of carbonyl (C=O) groups is 1. The van der Waals surface area contributed by atoms with Gasteiger partial charge in [0, 0.05) is 29.6 Å². The summed E-state index contributed by atoms with van der Waals surface area (Å²) in [5.74, 6) is 0.400. The number of anilines is 1. The zero-order chi connectivity index (χ0) is 11.7. The van der Waals surface area contributed by atoms with Crippen molar-refractivity contribution in [3.05, 3.63) is 41.4 Å². The van der Waals surface area contributed by atoms with Crippen LogP contribution < -0.4 is 4.90 Å². The van der Waals surface area contributed by atoms with E-state index in [9.17, 15) is 4.79 Å². The number of nitrogens with zero attached hydrogens (tertiary/aromatic N) is 1. The fraction of sp³-hybridized carbons (Fsp3) is 0.308. The maximum Gasteiger partial charge on any atom is 0.227 e. The van der Waals surface area contributed by atoms with Gasteiger partial charge in [0.05, 0.1) is 0 Å². The Morgan fingerprint density at radius 3 is 2.88 bits per heavy atom. The van der Waals surface area contributed by atoms with Gasteiger partial charge in [0.15, 0.2) is 0 Å². The molecule has 0 N–H and O–H groups in total. The number of hydrogen-bond acceptors (Lipinski definition) is 1. The third kappa shape index (κ3) is 1.98. The zero-order valence-corrected chi connectivity index (χ0v) is 10.00. The third-order valence-corrected chi connectivity index (χ3v) is 3.36. The highest BCUT2D eigenvalue weighted by Crippen LogP contribution is 2.28. The summed E-state index contributed by atoms with van der Waals surface area (Å²) < 4.78 is 0. The summed E-state index contributed by atoms with van der Waals surface area (Å²) in [5, 5.41) is 0.701. The number of aryl methyl sites for hydroxylation is 1. The highest BCUT2D eigenvalue weighted by molar-refractivity contribution is 6.31. The SMILES string of the molecule is C=CC1CC(=O)N(c2ccc(C)c(Cl)c2)C1. The lowest BCUT2D eigenvalue weighted by molar-refractivity contribution is -0.117. The highest BCUT2D eigenvalue weighted by Gasteiger charge is 2.28. The molecule has 1 aromatic rings. The van der Waals surface area contributed by atoms with Gasteiger partial charge in [-0.05, 0) is 24.6 Å². The predicted molar refractivity (Wildman–Crippen MR) is 66.8 cm³/mol. The lowest BCUT2D eigenvalue weighted by Crippen LogP contribution is -2.24. The van der Waals surface area contributed by atoms with E-state index in [4.69, 9.17) is 11.6 Å². The van der Waals surface area contributed by atoms with Crippen molar-refractivity contribution in [3.63, 3.8) is 0 Å². The summed E-state index contributed by atoms with van der Waals surface area (Å²) in [5.41, 5.74) is 1.90.